The van der Waals surface area contributed by atoms with Crippen LogP contribution in [-0.4, -0.2) is 33.6 Å². The third-order valence-electron chi connectivity index (χ3n) is 4.17. The summed E-state index contributed by atoms with van der Waals surface area (Å²) in [6.07, 6.45) is 4.20. The summed E-state index contributed by atoms with van der Waals surface area (Å²) < 4.78 is 7.12. The van der Waals surface area contributed by atoms with Crippen molar-refractivity contribution in [1.82, 2.24) is 20.2 Å². The van der Waals surface area contributed by atoms with E-state index >= 15 is 0 Å². The van der Waals surface area contributed by atoms with Crippen LogP contribution in [0.2, 0.25) is 0 Å². The first-order chi connectivity index (χ1) is 12.3. The molecule has 0 bridgehead atoms. The van der Waals surface area contributed by atoms with Crippen LogP contribution < -0.4 is 10.1 Å². The van der Waals surface area contributed by atoms with Crippen molar-refractivity contribution in [3.8, 4) is 5.75 Å². The highest BCUT2D eigenvalue weighted by Crippen LogP contribution is 2.33. The second-order valence-electron chi connectivity index (χ2n) is 5.60. The van der Waals surface area contributed by atoms with Crippen molar-refractivity contribution in [2.24, 2.45) is 0 Å². The molecule has 2 heterocycles. The third-order valence-corrected chi connectivity index (χ3v) is 4.91. The zero-order valence-corrected chi connectivity index (χ0v) is 14.7. The Balaban J connectivity index is 1.77. The van der Waals surface area contributed by atoms with Crippen LogP contribution in [0.5, 0.6) is 5.75 Å². The largest absolute Gasteiger partial charge is 0.497 e. The minimum atomic E-state index is -0.0663. The molecule has 126 valence electrons. The Morgan fingerprint density at radius 3 is 2.76 bits per heavy atom. The number of hydrogen-bond donors (Lipinski definition) is 1. The minimum Gasteiger partial charge on any atom is -0.497 e. The normalized spacial score (nSPS) is 15.9. The van der Waals surface area contributed by atoms with Gasteiger partial charge in [-0.1, -0.05) is 29.4 Å². The summed E-state index contributed by atoms with van der Waals surface area (Å²) in [5, 5.41) is 15.3. The lowest BCUT2D eigenvalue weighted by atomic mass is 10.0. The van der Waals surface area contributed by atoms with E-state index in [1.807, 2.05) is 24.3 Å². The Bertz CT molecular complexity index is 919. The average molecular weight is 351 g/mol. The molecule has 1 aromatic heterocycles. The van der Waals surface area contributed by atoms with Crippen molar-refractivity contribution < 1.29 is 4.74 Å². The number of benzene rings is 2. The number of thioether (sulfide) groups is 1. The van der Waals surface area contributed by atoms with Crippen LogP contribution in [-0.2, 0) is 0 Å². The van der Waals surface area contributed by atoms with Crippen molar-refractivity contribution >= 4 is 23.4 Å². The molecule has 0 amide bonds. The molecular formula is C18H17N5OS. The van der Waals surface area contributed by atoms with Crippen LogP contribution in [0.25, 0.3) is 5.70 Å². The van der Waals surface area contributed by atoms with E-state index in [1.165, 1.54) is 4.90 Å². The van der Waals surface area contributed by atoms with Crippen molar-refractivity contribution in [3.63, 3.8) is 0 Å². The molecule has 0 saturated heterocycles. The Labute approximate surface area is 149 Å². The average Bonchev–Trinajstić information content (AvgIpc) is 3.16. The number of hydrogen-bond acceptors (Lipinski definition) is 6. The number of methoxy groups -OCH3 is 1. The minimum absolute atomic E-state index is 0.0663. The highest BCUT2D eigenvalue weighted by molar-refractivity contribution is 7.98. The van der Waals surface area contributed by atoms with Crippen LogP contribution in [0, 0.1) is 0 Å². The number of tetrazole rings is 1. The van der Waals surface area contributed by atoms with E-state index in [9.17, 15) is 0 Å². The van der Waals surface area contributed by atoms with Crippen LogP contribution in [0.1, 0.15) is 17.2 Å². The molecule has 25 heavy (non-hydrogen) atoms. The number of nitrogens with zero attached hydrogens (tertiary/aromatic N) is 4. The summed E-state index contributed by atoms with van der Waals surface area (Å²) in [4.78, 5) is 1.23. The third kappa shape index (κ3) is 2.98. The van der Waals surface area contributed by atoms with Crippen LogP contribution in [0.4, 0.5) is 5.95 Å². The summed E-state index contributed by atoms with van der Waals surface area (Å²) in [6.45, 7) is 0. The molecule has 1 atom stereocenters. The molecule has 2 aromatic carbocycles. The molecular weight excluding hydrogens is 334 g/mol. The molecule has 0 radical (unpaired) electrons. The first kappa shape index (κ1) is 15.7. The lowest BCUT2D eigenvalue weighted by Gasteiger charge is -2.23. The van der Waals surface area contributed by atoms with Crippen molar-refractivity contribution in [1.29, 1.82) is 0 Å². The summed E-state index contributed by atoms with van der Waals surface area (Å²) >= 11 is 1.72. The van der Waals surface area contributed by atoms with Gasteiger partial charge >= 0.3 is 0 Å². The predicted octanol–water partition coefficient (Wildman–Crippen LogP) is 3.46. The van der Waals surface area contributed by atoms with E-state index in [4.69, 9.17) is 4.74 Å². The number of nitrogens with one attached hydrogen (secondary N) is 1. The molecule has 0 aliphatic carbocycles. The number of rotatable bonds is 4. The highest BCUT2D eigenvalue weighted by atomic mass is 32.2. The Kier molecular flexibility index (Phi) is 4.15. The lowest BCUT2D eigenvalue weighted by Crippen LogP contribution is -2.20. The summed E-state index contributed by atoms with van der Waals surface area (Å²) in [5.41, 5.74) is 3.12. The maximum Gasteiger partial charge on any atom is 0.248 e. The smallest absolute Gasteiger partial charge is 0.248 e. The fraction of sp³-hybridized carbons (Fsp3) is 0.167. The van der Waals surface area contributed by atoms with E-state index < -0.39 is 0 Å². The van der Waals surface area contributed by atoms with Gasteiger partial charge in [-0.25, -0.2) is 0 Å². The van der Waals surface area contributed by atoms with E-state index in [0.29, 0.717) is 5.95 Å². The van der Waals surface area contributed by atoms with E-state index in [1.54, 1.807) is 23.6 Å². The lowest BCUT2D eigenvalue weighted by molar-refractivity contribution is 0.414. The molecule has 1 N–H and O–H groups in total. The van der Waals surface area contributed by atoms with Crippen molar-refractivity contribution in [2.45, 2.75) is 10.9 Å². The van der Waals surface area contributed by atoms with Gasteiger partial charge in [-0.3, -0.25) is 0 Å². The fourth-order valence-electron chi connectivity index (χ4n) is 2.85. The molecule has 0 saturated carbocycles. The number of aromatic nitrogens is 4. The van der Waals surface area contributed by atoms with Crippen LogP contribution >= 0.6 is 11.8 Å². The van der Waals surface area contributed by atoms with Crippen molar-refractivity contribution in [3.05, 3.63) is 65.7 Å². The van der Waals surface area contributed by atoms with Crippen molar-refractivity contribution in [2.75, 3.05) is 18.7 Å². The predicted molar refractivity (Wildman–Crippen MR) is 98.8 cm³/mol. The Hall–Kier alpha value is -2.80. The first-order valence-corrected chi connectivity index (χ1v) is 9.06. The maximum atomic E-state index is 5.33. The quantitative estimate of drug-likeness (QED) is 0.726. The van der Waals surface area contributed by atoms with Gasteiger partial charge in [0, 0.05) is 16.2 Å². The number of anilines is 1. The van der Waals surface area contributed by atoms with Gasteiger partial charge in [0.05, 0.1) is 7.11 Å². The molecule has 0 fully saturated rings. The summed E-state index contributed by atoms with van der Waals surface area (Å²) in [6, 6.07) is 16.3. The summed E-state index contributed by atoms with van der Waals surface area (Å²) in [7, 11) is 1.67. The van der Waals surface area contributed by atoms with Gasteiger partial charge in [0.1, 0.15) is 11.8 Å². The standard InChI is InChI=1S/C18H17N5OS/c1-24-14-5-3-4-13(10-14)16-11-17(23-18(19-16)20-21-22-23)12-6-8-15(25-2)9-7-12/h3-11,17H,1-2H3,(H,19,20,22)/t17-/m1/s1. The zero-order valence-electron chi connectivity index (χ0n) is 13.9. The van der Waals surface area contributed by atoms with Gasteiger partial charge in [-0.05, 0) is 52.6 Å². The van der Waals surface area contributed by atoms with E-state index in [-0.39, 0.29) is 6.04 Å². The molecule has 0 spiro atoms. The van der Waals surface area contributed by atoms with E-state index in [2.05, 4.69) is 57.4 Å². The van der Waals surface area contributed by atoms with Crippen LogP contribution in [0.3, 0.4) is 0 Å². The van der Waals surface area contributed by atoms with Crippen LogP contribution in [0.15, 0.2) is 59.5 Å². The van der Waals surface area contributed by atoms with Gasteiger partial charge in [-0.15, -0.1) is 11.8 Å². The second-order valence-corrected chi connectivity index (χ2v) is 6.48. The van der Waals surface area contributed by atoms with Gasteiger partial charge in [0.25, 0.3) is 0 Å². The molecule has 6 nitrogen and oxygen atoms in total. The van der Waals surface area contributed by atoms with Gasteiger partial charge in [0.15, 0.2) is 0 Å². The second kappa shape index (κ2) is 6.60. The fourth-order valence-corrected chi connectivity index (χ4v) is 3.26. The molecule has 1 aliphatic heterocycles. The topological polar surface area (TPSA) is 64.9 Å². The molecule has 0 unspecified atom stereocenters. The first-order valence-electron chi connectivity index (χ1n) is 7.83. The van der Waals surface area contributed by atoms with Gasteiger partial charge in [-0.2, -0.15) is 4.68 Å². The van der Waals surface area contributed by atoms with Gasteiger partial charge in [0.2, 0.25) is 5.95 Å². The SMILES string of the molecule is COc1cccc(C2=C[C@H](c3ccc(SC)cc3)n3nnnc3N2)c1. The monoisotopic (exact) mass is 351 g/mol. The Morgan fingerprint density at radius 2 is 2.00 bits per heavy atom. The molecule has 7 heteroatoms. The summed E-state index contributed by atoms with van der Waals surface area (Å²) in [5.74, 6) is 1.44. The Morgan fingerprint density at radius 1 is 1.16 bits per heavy atom. The van der Waals surface area contributed by atoms with Gasteiger partial charge < -0.3 is 10.1 Å². The molecule has 3 aromatic rings. The number of ether oxygens (including phenoxy) is 1. The maximum absolute atomic E-state index is 5.33. The molecule has 1 aliphatic rings. The molecule has 4 rings (SSSR count). The number of allylic oxidation sites excluding steroid dienone is 1. The number of fused-ring (bicyclic) bond motifs is 1. The zero-order chi connectivity index (χ0) is 17.2. The highest BCUT2D eigenvalue weighted by Gasteiger charge is 2.24. The van der Waals surface area contributed by atoms with E-state index in [0.717, 1.165) is 22.6 Å².